The van der Waals surface area contributed by atoms with Crippen molar-refractivity contribution in [2.24, 2.45) is 23.7 Å². The predicted octanol–water partition coefficient (Wildman–Crippen LogP) is 4.14. The van der Waals surface area contributed by atoms with Crippen LogP contribution in [-0.2, 0) is 4.79 Å². The average molecular weight is 265 g/mol. The van der Waals surface area contributed by atoms with Gasteiger partial charge in [0.05, 0.1) is 0 Å². The van der Waals surface area contributed by atoms with Gasteiger partial charge in [0.25, 0.3) is 0 Å². The zero-order valence-corrected chi connectivity index (χ0v) is 13.0. The zero-order chi connectivity index (χ0) is 13.8. The molecule has 0 aromatic carbocycles. The van der Waals surface area contributed by atoms with Gasteiger partial charge in [0.15, 0.2) is 0 Å². The summed E-state index contributed by atoms with van der Waals surface area (Å²) in [5.41, 5.74) is 0. The quantitative estimate of drug-likeness (QED) is 0.736. The van der Waals surface area contributed by atoms with Crippen LogP contribution in [0.1, 0.15) is 72.1 Å². The van der Waals surface area contributed by atoms with E-state index < -0.39 is 0 Å². The first-order chi connectivity index (χ1) is 9.15. The molecule has 0 aromatic heterocycles. The summed E-state index contributed by atoms with van der Waals surface area (Å²) in [6.45, 7) is 6.57. The molecule has 19 heavy (non-hydrogen) atoms. The van der Waals surface area contributed by atoms with E-state index in [1.54, 1.807) is 0 Å². The Morgan fingerprint density at radius 3 is 2.58 bits per heavy atom. The highest BCUT2D eigenvalue weighted by Gasteiger charge is 2.42. The van der Waals surface area contributed by atoms with Gasteiger partial charge in [0.1, 0.15) is 0 Å². The summed E-state index contributed by atoms with van der Waals surface area (Å²) in [5.74, 6) is 3.17. The van der Waals surface area contributed by atoms with Gasteiger partial charge < -0.3 is 5.32 Å². The van der Waals surface area contributed by atoms with Gasteiger partial charge in [-0.15, -0.1) is 0 Å². The number of carbonyl (C=O) groups is 1. The smallest absolute Gasteiger partial charge is 0.223 e. The lowest BCUT2D eigenvalue weighted by Crippen LogP contribution is -2.42. The molecule has 0 heterocycles. The number of amides is 1. The summed E-state index contributed by atoms with van der Waals surface area (Å²) in [6, 6.07) is 0.387. The van der Waals surface area contributed by atoms with Gasteiger partial charge in [-0.2, -0.15) is 0 Å². The monoisotopic (exact) mass is 265 g/mol. The predicted molar refractivity (Wildman–Crippen MR) is 79.8 cm³/mol. The molecule has 0 unspecified atom stereocenters. The van der Waals surface area contributed by atoms with E-state index in [9.17, 15) is 4.79 Å². The lowest BCUT2D eigenvalue weighted by Gasteiger charge is -2.29. The Labute approximate surface area is 118 Å². The maximum absolute atomic E-state index is 12.3. The van der Waals surface area contributed by atoms with Gasteiger partial charge in [0, 0.05) is 12.0 Å². The third kappa shape index (κ3) is 3.52. The van der Waals surface area contributed by atoms with E-state index in [0.717, 1.165) is 30.6 Å². The Bertz CT molecular complexity index is 302. The molecule has 2 fully saturated rings. The Balaban J connectivity index is 1.80. The third-order valence-electron chi connectivity index (χ3n) is 5.57. The van der Waals surface area contributed by atoms with E-state index in [1.807, 2.05) is 0 Å². The highest BCUT2D eigenvalue weighted by Crippen LogP contribution is 2.49. The number of fused-ring (bicyclic) bond motifs is 2. The molecule has 0 spiro atoms. The minimum absolute atomic E-state index is 0.237. The maximum Gasteiger partial charge on any atom is 0.223 e. The fourth-order valence-electron chi connectivity index (χ4n) is 4.33. The van der Waals surface area contributed by atoms with Crippen LogP contribution in [0.5, 0.6) is 0 Å². The molecule has 2 saturated carbocycles. The highest BCUT2D eigenvalue weighted by molar-refractivity contribution is 5.78. The van der Waals surface area contributed by atoms with Crippen molar-refractivity contribution < 1.29 is 4.79 Å². The van der Waals surface area contributed by atoms with Gasteiger partial charge in [-0.1, -0.05) is 33.1 Å². The van der Waals surface area contributed by atoms with E-state index >= 15 is 0 Å². The van der Waals surface area contributed by atoms with Crippen LogP contribution in [0.25, 0.3) is 0 Å². The lowest BCUT2D eigenvalue weighted by atomic mass is 9.83. The Morgan fingerprint density at radius 1 is 1.26 bits per heavy atom. The number of hydrogen-bond donors (Lipinski definition) is 1. The fourth-order valence-corrected chi connectivity index (χ4v) is 4.33. The first-order valence-electron chi connectivity index (χ1n) is 8.46. The lowest BCUT2D eigenvalue weighted by molar-refractivity contribution is -0.126. The topological polar surface area (TPSA) is 29.1 Å². The van der Waals surface area contributed by atoms with E-state index in [1.165, 1.54) is 38.5 Å². The van der Waals surface area contributed by atoms with Crippen LogP contribution in [0.15, 0.2) is 0 Å². The number of carbonyl (C=O) groups excluding carboxylic acids is 1. The first kappa shape index (κ1) is 14.9. The van der Waals surface area contributed by atoms with Crippen molar-refractivity contribution in [3.05, 3.63) is 0 Å². The second-order valence-corrected chi connectivity index (χ2v) is 6.88. The van der Waals surface area contributed by atoms with E-state index in [2.05, 4.69) is 26.1 Å². The summed E-state index contributed by atoms with van der Waals surface area (Å²) in [6.07, 6.45) is 10.0. The summed E-state index contributed by atoms with van der Waals surface area (Å²) in [4.78, 5) is 12.3. The van der Waals surface area contributed by atoms with Crippen LogP contribution < -0.4 is 5.32 Å². The molecule has 2 bridgehead atoms. The van der Waals surface area contributed by atoms with Crippen molar-refractivity contribution in [1.29, 1.82) is 0 Å². The van der Waals surface area contributed by atoms with E-state index in [-0.39, 0.29) is 5.92 Å². The summed E-state index contributed by atoms with van der Waals surface area (Å²) < 4.78 is 0. The molecule has 2 nitrogen and oxygen atoms in total. The Morgan fingerprint density at radius 2 is 2.05 bits per heavy atom. The molecule has 1 N–H and O–H groups in total. The van der Waals surface area contributed by atoms with Crippen molar-refractivity contribution in [3.63, 3.8) is 0 Å². The molecular weight excluding hydrogens is 234 g/mol. The average Bonchev–Trinajstić information content (AvgIpc) is 3.01. The normalized spacial score (nSPS) is 32.3. The number of hydrogen-bond acceptors (Lipinski definition) is 1. The molecule has 0 aliphatic heterocycles. The van der Waals surface area contributed by atoms with E-state index in [4.69, 9.17) is 0 Å². The van der Waals surface area contributed by atoms with Crippen LogP contribution in [-0.4, -0.2) is 11.9 Å². The van der Waals surface area contributed by atoms with E-state index in [0.29, 0.717) is 11.9 Å². The maximum atomic E-state index is 12.3. The molecule has 5 atom stereocenters. The molecule has 0 saturated heterocycles. The van der Waals surface area contributed by atoms with Crippen molar-refractivity contribution in [1.82, 2.24) is 5.32 Å². The zero-order valence-electron chi connectivity index (χ0n) is 13.0. The molecular formula is C17H31NO. The van der Waals surface area contributed by atoms with Gasteiger partial charge in [-0.25, -0.2) is 0 Å². The van der Waals surface area contributed by atoms with Crippen molar-refractivity contribution >= 4 is 5.91 Å². The van der Waals surface area contributed by atoms with Crippen LogP contribution in [0.2, 0.25) is 0 Å². The molecule has 110 valence electrons. The highest BCUT2D eigenvalue weighted by atomic mass is 16.1. The number of nitrogens with one attached hydrogen (secondary N) is 1. The minimum atomic E-state index is 0.237. The molecule has 1 amide bonds. The molecule has 2 aliphatic carbocycles. The van der Waals surface area contributed by atoms with Crippen molar-refractivity contribution in [2.75, 3.05) is 0 Å². The van der Waals surface area contributed by atoms with Crippen molar-refractivity contribution in [2.45, 2.75) is 78.2 Å². The van der Waals surface area contributed by atoms with Crippen LogP contribution >= 0.6 is 0 Å². The molecule has 0 radical (unpaired) electrons. The molecule has 2 rings (SSSR count). The van der Waals surface area contributed by atoms with Gasteiger partial charge in [-0.05, 0) is 56.8 Å². The number of unbranched alkanes of at least 4 members (excludes halogenated alkanes) is 1. The number of rotatable bonds is 7. The summed E-state index contributed by atoms with van der Waals surface area (Å²) in [7, 11) is 0. The SMILES string of the molecule is CCCC[C@@H](CC)C(=O)N[C@@H](C)[C@@H]1C[C@@H]2CC[C@@H]1C2. The van der Waals surface area contributed by atoms with Crippen LogP contribution in [0, 0.1) is 23.7 Å². The standard InChI is InChI=1S/C17H31NO/c1-4-6-7-14(5-2)17(19)18-12(3)16-11-13-8-9-15(16)10-13/h12-16H,4-11H2,1-3H3,(H,18,19)/t12-,13+,14+,15+,16-/m0/s1. The van der Waals surface area contributed by atoms with Gasteiger partial charge in [-0.3, -0.25) is 4.79 Å². The van der Waals surface area contributed by atoms with Crippen LogP contribution in [0.3, 0.4) is 0 Å². The Kier molecular flexibility index (Phi) is 5.29. The third-order valence-corrected chi connectivity index (χ3v) is 5.57. The minimum Gasteiger partial charge on any atom is -0.353 e. The fraction of sp³-hybridized carbons (Fsp3) is 0.941. The largest absolute Gasteiger partial charge is 0.353 e. The molecule has 0 aromatic rings. The van der Waals surface area contributed by atoms with Gasteiger partial charge >= 0.3 is 0 Å². The molecule has 2 heteroatoms. The second-order valence-electron chi connectivity index (χ2n) is 6.88. The van der Waals surface area contributed by atoms with Crippen LogP contribution in [0.4, 0.5) is 0 Å². The second kappa shape index (κ2) is 6.76. The van der Waals surface area contributed by atoms with Gasteiger partial charge in [0.2, 0.25) is 5.91 Å². The summed E-state index contributed by atoms with van der Waals surface area (Å²) >= 11 is 0. The first-order valence-corrected chi connectivity index (χ1v) is 8.46. The Hall–Kier alpha value is -0.530. The summed E-state index contributed by atoms with van der Waals surface area (Å²) in [5, 5.41) is 3.33. The van der Waals surface area contributed by atoms with Crippen molar-refractivity contribution in [3.8, 4) is 0 Å². The molecule has 2 aliphatic rings.